The highest BCUT2D eigenvalue weighted by Crippen LogP contribution is 2.50. The summed E-state index contributed by atoms with van der Waals surface area (Å²) in [5.74, 6) is -0.107. The number of rotatable bonds is 6. The van der Waals surface area contributed by atoms with Gasteiger partial charge in [-0.25, -0.2) is 14.4 Å². The number of hydrogen-bond acceptors (Lipinski definition) is 7. The summed E-state index contributed by atoms with van der Waals surface area (Å²) in [6.45, 7) is 0. The number of carbonyl (C=O) groups excluding carboxylic acids is 1. The van der Waals surface area contributed by atoms with Crippen LogP contribution in [0.2, 0.25) is 15.1 Å². The second-order valence-corrected chi connectivity index (χ2v) is 9.48. The predicted molar refractivity (Wildman–Crippen MR) is 137 cm³/mol. The van der Waals surface area contributed by atoms with E-state index in [1.165, 1.54) is 50.1 Å². The molecule has 0 bridgehead atoms. The first kappa shape index (κ1) is 24.7. The van der Waals surface area contributed by atoms with E-state index < -0.39 is 11.7 Å². The highest BCUT2D eigenvalue weighted by molar-refractivity contribution is 9.10. The highest BCUT2D eigenvalue weighted by Gasteiger charge is 2.25. The van der Waals surface area contributed by atoms with Gasteiger partial charge in [0.05, 0.1) is 40.7 Å². The lowest BCUT2D eigenvalue weighted by Gasteiger charge is -2.17. The molecule has 0 fully saturated rings. The van der Waals surface area contributed by atoms with E-state index >= 15 is 0 Å². The molecule has 7 nitrogen and oxygen atoms in total. The molecule has 176 valence electrons. The summed E-state index contributed by atoms with van der Waals surface area (Å²) in [7, 11) is 2.86. The summed E-state index contributed by atoms with van der Waals surface area (Å²) < 4.78 is 25.1. The average molecular weight is 607 g/mol. The van der Waals surface area contributed by atoms with E-state index in [1.54, 1.807) is 5.38 Å². The Morgan fingerprint density at radius 2 is 1.79 bits per heavy atom. The minimum absolute atomic E-state index is 0.0318. The van der Waals surface area contributed by atoms with E-state index in [1.807, 2.05) is 0 Å². The molecule has 0 aliphatic carbocycles. The zero-order chi connectivity index (χ0) is 24.6. The van der Waals surface area contributed by atoms with Crippen molar-refractivity contribution in [3.63, 3.8) is 0 Å². The number of hydrogen-bond donors (Lipinski definition) is 2. The van der Waals surface area contributed by atoms with Crippen molar-refractivity contribution in [2.24, 2.45) is 0 Å². The maximum Gasteiger partial charge on any atom is 0.258 e. The summed E-state index contributed by atoms with van der Waals surface area (Å²) >= 11 is 23.3. The number of nitrogens with zero attached hydrogens (tertiary/aromatic N) is 2. The SMILES string of the molecule is COc1c(Cl)c(NC(=O)c2csc3c(Nc4ccc(F)c(Cl)c4)ncnc23)c(Cl)c(OC)c1Br. The summed E-state index contributed by atoms with van der Waals surface area (Å²) in [5.41, 5.74) is 1.32. The Morgan fingerprint density at radius 3 is 2.41 bits per heavy atom. The van der Waals surface area contributed by atoms with Gasteiger partial charge >= 0.3 is 0 Å². The largest absolute Gasteiger partial charge is 0.494 e. The van der Waals surface area contributed by atoms with Gasteiger partial charge in [0, 0.05) is 11.1 Å². The number of anilines is 3. The Hall–Kier alpha value is -2.37. The molecular formula is C21H13BrCl3FN4O3S. The van der Waals surface area contributed by atoms with E-state index in [4.69, 9.17) is 44.3 Å². The number of carbonyl (C=O) groups is 1. The normalized spacial score (nSPS) is 10.9. The number of fused-ring (bicyclic) bond motifs is 1. The van der Waals surface area contributed by atoms with Crippen molar-refractivity contribution in [3.05, 3.63) is 60.8 Å². The molecule has 2 aromatic carbocycles. The minimum Gasteiger partial charge on any atom is -0.494 e. The van der Waals surface area contributed by atoms with Gasteiger partial charge in [0.15, 0.2) is 17.3 Å². The van der Waals surface area contributed by atoms with E-state index in [9.17, 15) is 9.18 Å². The van der Waals surface area contributed by atoms with E-state index in [0.29, 0.717) is 26.2 Å². The first-order valence-electron chi connectivity index (χ1n) is 9.30. The number of ether oxygens (including phenoxy) is 2. The molecule has 0 aliphatic rings. The van der Waals surface area contributed by atoms with Crippen LogP contribution >= 0.6 is 62.1 Å². The molecule has 1 amide bonds. The average Bonchev–Trinajstić information content (AvgIpc) is 3.25. The fourth-order valence-electron chi connectivity index (χ4n) is 3.08. The number of amides is 1. The molecule has 34 heavy (non-hydrogen) atoms. The number of benzene rings is 2. The molecule has 0 atom stereocenters. The second kappa shape index (κ2) is 10.1. The van der Waals surface area contributed by atoms with Crippen molar-refractivity contribution in [1.29, 1.82) is 0 Å². The zero-order valence-electron chi connectivity index (χ0n) is 17.3. The van der Waals surface area contributed by atoms with Crippen LogP contribution in [-0.4, -0.2) is 30.1 Å². The van der Waals surface area contributed by atoms with E-state index in [2.05, 4.69) is 36.5 Å². The zero-order valence-corrected chi connectivity index (χ0v) is 22.0. The van der Waals surface area contributed by atoms with Gasteiger partial charge in [-0.1, -0.05) is 34.8 Å². The molecule has 0 spiro atoms. The summed E-state index contributed by atoms with van der Waals surface area (Å²) in [6, 6.07) is 4.20. The molecule has 0 unspecified atom stereocenters. The van der Waals surface area contributed by atoms with E-state index in [0.717, 1.165) is 0 Å². The first-order chi connectivity index (χ1) is 16.3. The third-order valence-corrected chi connectivity index (χ3v) is 7.37. The predicted octanol–water partition coefficient (Wildman–Crippen LogP) is 7.57. The second-order valence-electron chi connectivity index (χ2n) is 6.64. The lowest BCUT2D eigenvalue weighted by atomic mass is 10.2. The van der Waals surface area contributed by atoms with Gasteiger partial charge in [-0.15, -0.1) is 11.3 Å². The van der Waals surface area contributed by atoms with Gasteiger partial charge in [0.2, 0.25) is 0 Å². The van der Waals surface area contributed by atoms with Crippen LogP contribution in [0.1, 0.15) is 10.4 Å². The number of aromatic nitrogens is 2. The molecule has 2 heterocycles. The lowest BCUT2D eigenvalue weighted by molar-refractivity contribution is 0.102. The van der Waals surface area contributed by atoms with Crippen molar-refractivity contribution < 1.29 is 18.7 Å². The maximum absolute atomic E-state index is 13.5. The molecule has 0 saturated heterocycles. The van der Waals surface area contributed by atoms with Crippen LogP contribution in [0.3, 0.4) is 0 Å². The van der Waals surface area contributed by atoms with Crippen LogP contribution < -0.4 is 20.1 Å². The summed E-state index contributed by atoms with van der Waals surface area (Å²) in [4.78, 5) is 21.7. The number of halogens is 5. The highest BCUT2D eigenvalue weighted by atomic mass is 79.9. The standard InChI is InChI=1S/C21H13BrCl3FN4O3S/c1-32-17-12(22)18(33-2)14(25)16(13(17)24)30-21(31)9-6-34-19-15(9)27-7-28-20(19)29-8-3-4-11(26)10(23)5-8/h3-7H,1-2H3,(H,30,31)(H,27,28,29). The Bertz CT molecular complexity index is 1410. The van der Waals surface area contributed by atoms with Gasteiger partial charge in [-0.05, 0) is 34.1 Å². The Labute approximate surface area is 220 Å². The lowest BCUT2D eigenvalue weighted by Crippen LogP contribution is -2.13. The van der Waals surface area contributed by atoms with Crippen molar-refractivity contribution in [2.45, 2.75) is 0 Å². The van der Waals surface area contributed by atoms with E-state index in [-0.39, 0.29) is 37.8 Å². The molecule has 2 aromatic heterocycles. The van der Waals surface area contributed by atoms with Crippen LogP contribution in [0.5, 0.6) is 11.5 Å². The third kappa shape index (κ3) is 4.48. The van der Waals surface area contributed by atoms with Crippen molar-refractivity contribution >= 4 is 95.4 Å². The van der Waals surface area contributed by atoms with Gasteiger partial charge < -0.3 is 20.1 Å². The fraction of sp³-hybridized carbons (Fsp3) is 0.0952. The molecule has 0 radical (unpaired) electrons. The number of methoxy groups -OCH3 is 2. The molecule has 0 aliphatic heterocycles. The number of thiophene rings is 1. The van der Waals surface area contributed by atoms with Crippen LogP contribution in [0.25, 0.3) is 10.2 Å². The smallest absolute Gasteiger partial charge is 0.258 e. The quantitative estimate of drug-likeness (QED) is 0.236. The Morgan fingerprint density at radius 1 is 1.12 bits per heavy atom. The van der Waals surface area contributed by atoms with Gasteiger partial charge in [-0.2, -0.15) is 0 Å². The topological polar surface area (TPSA) is 85.4 Å². The van der Waals surface area contributed by atoms with Crippen molar-refractivity contribution in [3.8, 4) is 11.5 Å². The molecule has 4 aromatic rings. The van der Waals surface area contributed by atoms with Crippen LogP contribution in [-0.2, 0) is 0 Å². The fourth-order valence-corrected chi connectivity index (χ4v) is 5.83. The van der Waals surface area contributed by atoms with Crippen molar-refractivity contribution in [2.75, 3.05) is 24.9 Å². The molecular weight excluding hydrogens is 594 g/mol. The number of nitrogens with one attached hydrogen (secondary N) is 2. The molecule has 4 rings (SSSR count). The van der Waals surface area contributed by atoms with Gasteiger partial charge in [-0.3, -0.25) is 4.79 Å². The molecule has 13 heteroatoms. The van der Waals surface area contributed by atoms with Crippen LogP contribution in [0, 0.1) is 5.82 Å². The van der Waals surface area contributed by atoms with Gasteiger partial charge in [0.25, 0.3) is 5.91 Å². The third-order valence-electron chi connectivity index (χ3n) is 4.66. The Kier molecular flexibility index (Phi) is 7.34. The van der Waals surface area contributed by atoms with Crippen LogP contribution in [0.15, 0.2) is 34.4 Å². The van der Waals surface area contributed by atoms with Gasteiger partial charge in [0.1, 0.15) is 26.7 Å². The summed E-state index contributed by atoms with van der Waals surface area (Å²) in [5, 5.41) is 7.57. The minimum atomic E-state index is -0.534. The first-order valence-corrected chi connectivity index (χ1v) is 12.1. The van der Waals surface area contributed by atoms with Crippen molar-refractivity contribution in [1.82, 2.24) is 9.97 Å². The molecule has 2 N–H and O–H groups in total. The monoisotopic (exact) mass is 604 g/mol. The molecule has 0 saturated carbocycles. The Balaban J connectivity index is 1.70. The van der Waals surface area contributed by atoms with Crippen LogP contribution in [0.4, 0.5) is 21.6 Å². The summed E-state index contributed by atoms with van der Waals surface area (Å²) in [6.07, 6.45) is 1.31. The maximum atomic E-state index is 13.5.